The maximum Gasteiger partial charge on any atom is 0.353 e. The molecular formula is C20H18N2O7. The molecule has 3 aromatic carbocycles. The van der Waals surface area contributed by atoms with Gasteiger partial charge in [0.05, 0.1) is 4.92 Å². The summed E-state index contributed by atoms with van der Waals surface area (Å²) in [6.45, 7) is 0. The molecule has 3 aromatic rings. The van der Waals surface area contributed by atoms with Crippen molar-refractivity contribution < 1.29 is 29.8 Å². The van der Waals surface area contributed by atoms with Crippen LogP contribution in [-0.2, 0) is 0 Å². The van der Waals surface area contributed by atoms with Crippen molar-refractivity contribution in [1.82, 2.24) is 0 Å². The third-order valence-corrected chi connectivity index (χ3v) is 3.73. The number of phenols is 3. The van der Waals surface area contributed by atoms with Crippen molar-refractivity contribution in [2.24, 2.45) is 0 Å². The van der Waals surface area contributed by atoms with Gasteiger partial charge in [0, 0.05) is 11.8 Å². The lowest BCUT2D eigenvalue weighted by Gasteiger charge is -2.10. The summed E-state index contributed by atoms with van der Waals surface area (Å²) in [5, 5.41) is 42.6. The van der Waals surface area contributed by atoms with Crippen LogP contribution in [0.4, 0.5) is 11.4 Å². The highest BCUT2D eigenvalue weighted by molar-refractivity contribution is 6.09. The van der Waals surface area contributed by atoms with Crippen LogP contribution in [0, 0.1) is 10.1 Å². The third kappa shape index (κ3) is 4.53. The summed E-state index contributed by atoms with van der Waals surface area (Å²) in [6.07, 6.45) is 0. The smallest absolute Gasteiger partial charge is 0.353 e. The van der Waals surface area contributed by atoms with E-state index in [0.29, 0.717) is 23.3 Å². The van der Waals surface area contributed by atoms with Gasteiger partial charge in [-0.15, -0.1) is 0 Å². The number of nitrogens with zero attached hydrogens (tertiary/aromatic N) is 1. The first-order chi connectivity index (χ1) is 13.4. The molecule has 29 heavy (non-hydrogen) atoms. The third-order valence-electron chi connectivity index (χ3n) is 3.73. The molecule has 0 atom stereocenters. The summed E-state index contributed by atoms with van der Waals surface area (Å²) < 4.78 is 5.62. The van der Waals surface area contributed by atoms with Crippen molar-refractivity contribution in [3.8, 4) is 28.7 Å². The molecule has 0 bridgehead atoms. The Kier molecular flexibility index (Phi) is 6.25. The first-order valence-corrected chi connectivity index (χ1v) is 7.93. The van der Waals surface area contributed by atoms with Gasteiger partial charge in [0.15, 0.2) is 0 Å². The quantitative estimate of drug-likeness (QED) is 0.369. The van der Waals surface area contributed by atoms with E-state index in [1.807, 2.05) is 18.2 Å². The van der Waals surface area contributed by atoms with Crippen LogP contribution in [0.3, 0.4) is 0 Å². The fourth-order valence-corrected chi connectivity index (χ4v) is 2.46. The summed E-state index contributed by atoms with van der Waals surface area (Å²) in [5.41, 5.74) is -1.51. The maximum atomic E-state index is 12.4. The van der Waals surface area contributed by atoms with Gasteiger partial charge < -0.3 is 25.4 Å². The highest BCUT2D eigenvalue weighted by Gasteiger charge is 2.29. The predicted octanol–water partition coefficient (Wildman–Crippen LogP) is 4.39. The minimum atomic E-state index is -1.14. The molecule has 150 valence electrons. The van der Waals surface area contributed by atoms with Gasteiger partial charge in [-0.05, 0) is 36.4 Å². The highest BCUT2D eigenvalue weighted by Crippen LogP contribution is 2.43. The van der Waals surface area contributed by atoms with Crippen LogP contribution in [0.5, 0.6) is 28.7 Å². The number of phenolic OH excluding ortho intramolecular Hbond substituents is 3. The van der Waals surface area contributed by atoms with Crippen molar-refractivity contribution in [3.05, 3.63) is 76.3 Å². The summed E-state index contributed by atoms with van der Waals surface area (Å²) in [5.74, 6) is -2.75. The number of nitro groups is 1. The first kappa shape index (κ1) is 21.0. The molecule has 1 amide bonds. The van der Waals surface area contributed by atoms with Crippen LogP contribution in [0.2, 0.25) is 0 Å². The fourth-order valence-electron chi connectivity index (χ4n) is 2.46. The summed E-state index contributed by atoms with van der Waals surface area (Å²) in [4.78, 5) is 22.2. The lowest BCUT2D eigenvalue weighted by atomic mass is 10.1. The monoisotopic (exact) mass is 398 g/mol. The number of para-hydroxylation sites is 1. The topological polar surface area (TPSA) is 142 Å². The number of carbonyl (C=O) groups excluding carboxylic acids is 1. The van der Waals surface area contributed by atoms with Crippen LogP contribution in [0.1, 0.15) is 17.8 Å². The summed E-state index contributed by atoms with van der Waals surface area (Å²) in [6, 6.07) is 15.9. The molecule has 0 aliphatic carbocycles. The lowest BCUT2D eigenvalue weighted by Crippen LogP contribution is -2.13. The van der Waals surface area contributed by atoms with E-state index in [0.717, 1.165) is 0 Å². The van der Waals surface area contributed by atoms with Crippen LogP contribution >= 0.6 is 0 Å². The maximum absolute atomic E-state index is 12.4. The van der Waals surface area contributed by atoms with Gasteiger partial charge in [-0.3, -0.25) is 14.9 Å². The number of benzene rings is 3. The lowest BCUT2D eigenvalue weighted by molar-refractivity contribution is -0.386. The largest absolute Gasteiger partial charge is 0.507 e. The van der Waals surface area contributed by atoms with E-state index >= 15 is 0 Å². The number of amides is 1. The normalized spacial score (nSPS) is 9.93. The Morgan fingerprint density at radius 3 is 2.10 bits per heavy atom. The van der Waals surface area contributed by atoms with E-state index in [1.165, 1.54) is 12.1 Å². The molecule has 0 saturated carbocycles. The predicted molar refractivity (Wildman–Crippen MR) is 106 cm³/mol. The van der Waals surface area contributed by atoms with E-state index in [2.05, 4.69) is 5.32 Å². The minimum Gasteiger partial charge on any atom is -0.507 e. The molecule has 0 unspecified atom stereocenters. The van der Waals surface area contributed by atoms with Crippen LogP contribution in [-0.4, -0.2) is 26.2 Å². The van der Waals surface area contributed by atoms with Crippen molar-refractivity contribution in [1.29, 1.82) is 0 Å². The number of nitrogens with one attached hydrogen (secondary N) is 1. The molecule has 0 spiro atoms. The van der Waals surface area contributed by atoms with Crippen molar-refractivity contribution >= 4 is 17.3 Å². The average molecular weight is 398 g/mol. The van der Waals surface area contributed by atoms with E-state index in [1.54, 1.807) is 24.3 Å². The van der Waals surface area contributed by atoms with E-state index in [9.17, 15) is 30.2 Å². The van der Waals surface area contributed by atoms with Crippen molar-refractivity contribution in [2.75, 3.05) is 5.32 Å². The molecule has 9 heteroatoms. The second-order valence-corrected chi connectivity index (χ2v) is 5.64. The van der Waals surface area contributed by atoms with Gasteiger partial charge in [-0.2, -0.15) is 0 Å². The van der Waals surface area contributed by atoms with Gasteiger partial charge in [0.25, 0.3) is 5.91 Å². The second kappa shape index (κ2) is 8.61. The Morgan fingerprint density at radius 1 is 0.931 bits per heavy atom. The minimum absolute atomic E-state index is 0. The number of nitro benzene ring substituents is 1. The summed E-state index contributed by atoms with van der Waals surface area (Å²) >= 11 is 0. The van der Waals surface area contributed by atoms with Crippen molar-refractivity contribution in [2.45, 2.75) is 7.43 Å². The molecule has 0 saturated heterocycles. The average Bonchev–Trinajstić information content (AvgIpc) is 2.63. The van der Waals surface area contributed by atoms with E-state index in [-0.39, 0.29) is 7.43 Å². The molecule has 0 radical (unpaired) electrons. The van der Waals surface area contributed by atoms with Crippen LogP contribution in [0.25, 0.3) is 0 Å². The number of hydrogen-bond donors (Lipinski definition) is 4. The Hall–Kier alpha value is -4.27. The highest BCUT2D eigenvalue weighted by atomic mass is 16.6. The van der Waals surface area contributed by atoms with Gasteiger partial charge >= 0.3 is 5.69 Å². The van der Waals surface area contributed by atoms with E-state index in [4.69, 9.17) is 4.74 Å². The molecule has 4 N–H and O–H groups in total. The molecule has 0 heterocycles. The SMILES string of the molecule is C.O=C(Nc1ccc(Oc2ccccc2)cc1)c1c(O)cc(O)c([N+](=O)[O-])c1O. The number of ether oxygens (including phenoxy) is 1. The standard InChI is InChI=1S/C19H14N2O7.CH4/c22-14-10-15(23)17(21(26)27)18(24)16(14)19(25)20-11-6-8-13(9-7-11)28-12-4-2-1-3-5-12;/h1-10,22-24H,(H,20,25);1H4. The van der Waals surface area contributed by atoms with Crippen molar-refractivity contribution in [3.63, 3.8) is 0 Å². The molecular weight excluding hydrogens is 380 g/mol. The Bertz CT molecular complexity index is 1030. The molecule has 0 aliphatic rings. The molecule has 9 nitrogen and oxygen atoms in total. The van der Waals surface area contributed by atoms with Gasteiger partial charge in [0.2, 0.25) is 11.5 Å². The van der Waals surface area contributed by atoms with Gasteiger partial charge in [-0.1, -0.05) is 25.6 Å². The molecule has 3 rings (SSSR count). The van der Waals surface area contributed by atoms with Crippen LogP contribution in [0.15, 0.2) is 60.7 Å². The molecule has 0 fully saturated rings. The molecule has 0 aliphatic heterocycles. The Morgan fingerprint density at radius 2 is 1.52 bits per heavy atom. The zero-order valence-corrected chi connectivity index (χ0v) is 14.2. The van der Waals surface area contributed by atoms with E-state index < -0.39 is 39.3 Å². The molecule has 0 aromatic heterocycles. The number of anilines is 1. The first-order valence-electron chi connectivity index (χ1n) is 7.93. The number of hydrogen-bond acceptors (Lipinski definition) is 7. The zero-order chi connectivity index (χ0) is 20.3. The Balaban J connectivity index is 0.00000300. The van der Waals surface area contributed by atoms with Crippen LogP contribution < -0.4 is 10.1 Å². The second-order valence-electron chi connectivity index (χ2n) is 5.64. The number of carbonyl (C=O) groups is 1. The zero-order valence-electron chi connectivity index (χ0n) is 14.2. The van der Waals surface area contributed by atoms with Gasteiger partial charge in [0.1, 0.15) is 22.8 Å². The summed E-state index contributed by atoms with van der Waals surface area (Å²) in [7, 11) is 0. The number of aromatic hydroxyl groups is 3. The van der Waals surface area contributed by atoms with Gasteiger partial charge in [-0.25, -0.2) is 0 Å². The fraction of sp³-hybridized carbons (Fsp3) is 0.0500. The Labute approximate surface area is 165 Å². The number of rotatable bonds is 5.